The Bertz CT molecular complexity index is 446. The summed E-state index contributed by atoms with van der Waals surface area (Å²) in [6, 6.07) is 2.52. The molecule has 6 heteroatoms. The summed E-state index contributed by atoms with van der Waals surface area (Å²) in [7, 11) is 2.56. The zero-order chi connectivity index (χ0) is 13.9. The van der Waals surface area contributed by atoms with Crippen LogP contribution in [0.2, 0.25) is 0 Å². The van der Waals surface area contributed by atoms with Gasteiger partial charge in [0.2, 0.25) is 0 Å². The Labute approximate surface area is 103 Å². The quantitative estimate of drug-likeness (QED) is 0.884. The van der Waals surface area contributed by atoms with E-state index in [1.165, 1.54) is 27.2 Å². The number of alkyl halides is 2. The van der Waals surface area contributed by atoms with Crippen LogP contribution >= 0.6 is 0 Å². The van der Waals surface area contributed by atoms with Crippen molar-refractivity contribution in [3.05, 3.63) is 23.3 Å². The van der Waals surface area contributed by atoms with Crippen LogP contribution in [0.4, 0.5) is 8.78 Å². The first-order valence-corrected chi connectivity index (χ1v) is 5.19. The van der Waals surface area contributed by atoms with Crippen molar-refractivity contribution in [2.24, 2.45) is 0 Å². The molecule has 0 spiro atoms. The highest BCUT2D eigenvalue weighted by Crippen LogP contribution is 2.39. The minimum Gasteiger partial charge on any atom is -0.493 e. The van der Waals surface area contributed by atoms with Crippen molar-refractivity contribution in [3.63, 3.8) is 0 Å². The molecule has 0 aliphatic carbocycles. The van der Waals surface area contributed by atoms with Crippen LogP contribution in [0.5, 0.6) is 11.5 Å². The summed E-state index contributed by atoms with van der Waals surface area (Å²) < 4.78 is 35.6. The number of benzene rings is 1. The molecular weight excluding hydrogens is 246 g/mol. The van der Waals surface area contributed by atoms with Crippen molar-refractivity contribution in [3.8, 4) is 11.5 Å². The Morgan fingerprint density at radius 2 is 1.89 bits per heavy atom. The zero-order valence-corrected chi connectivity index (χ0v) is 10.2. The van der Waals surface area contributed by atoms with E-state index in [0.29, 0.717) is 0 Å². The van der Waals surface area contributed by atoms with Crippen LogP contribution in [0.15, 0.2) is 12.1 Å². The second kappa shape index (κ2) is 5.66. The molecule has 4 nitrogen and oxygen atoms in total. The third-order valence-corrected chi connectivity index (χ3v) is 2.64. The van der Waals surface area contributed by atoms with Gasteiger partial charge in [0.05, 0.1) is 25.7 Å². The molecule has 1 atom stereocenters. The van der Waals surface area contributed by atoms with E-state index < -0.39 is 18.3 Å². The number of ether oxygens (including phenoxy) is 2. The first-order chi connectivity index (χ1) is 8.42. The molecule has 0 aliphatic heterocycles. The normalized spacial score (nSPS) is 12.3. The Morgan fingerprint density at radius 3 is 2.28 bits per heavy atom. The van der Waals surface area contributed by atoms with Gasteiger partial charge in [-0.3, -0.25) is 4.79 Å². The summed E-state index contributed by atoms with van der Waals surface area (Å²) in [5.74, 6) is -1.98. The van der Waals surface area contributed by atoms with Crippen LogP contribution in [-0.2, 0) is 4.79 Å². The van der Waals surface area contributed by atoms with E-state index in [-0.39, 0.29) is 22.6 Å². The van der Waals surface area contributed by atoms with Crippen molar-refractivity contribution in [1.29, 1.82) is 0 Å². The number of rotatable bonds is 5. The lowest BCUT2D eigenvalue weighted by atomic mass is 9.98. The van der Waals surface area contributed by atoms with Gasteiger partial charge in [0.25, 0.3) is 6.43 Å². The summed E-state index contributed by atoms with van der Waals surface area (Å²) in [5.41, 5.74) is -0.129. The fourth-order valence-electron chi connectivity index (χ4n) is 1.57. The molecule has 1 unspecified atom stereocenters. The predicted octanol–water partition coefficient (Wildman–Crippen LogP) is 2.83. The minimum atomic E-state index is -2.77. The number of aliphatic carboxylic acids is 1. The average Bonchev–Trinajstić information content (AvgIpc) is 2.35. The fourth-order valence-corrected chi connectivity index (χ4v) is 1.57. The van der Waals surface area contributed by atoms with Gasteiger partial charge in [0.15, 0.2) is 11.5 Å². The minimum absolute atomic E-state index is 0.0751. The van der Waals surface area contributed by atoms with E-state index in [1.54, 1.807) is 0 Å². The number of carboxylic acid groups (broad SMARTS) is 1. The number of carboxylic acids is 1. The maximum Gasteiger partial charge on any atom is 0.310 e. The van der Waals surface area contributed by atoms with Crippen LogP contribution in [0.1, 0.15) is 30.4 Å². The monoisotopic (exact) mass is 260 g/mol. The van der Waals surface area contributed by atoms with Crippen LogP contribution in [-0.4, -0.2) is 25.3 Å². The first kappa shape index (κ1) is 14.2. The lowest BCUT2D eigenvalue weighted by Crippen LogP contribution is -2.09. The molecule has 0 saturated carbocycles. The van der Waals surface area contributed by atoms with Crippen molar-refractivity contribution in [2.75, 3.05) is 14.2 Å². The van der Waals surface area contributed by atoms with E-state index in [4.69, 9.17) is 14.6 Å². The summed E-state index contributed by atoms with van der Waals surface area (Å²) in [5, 5.41) is 8.90. The third kappa shape index (κ3) is 2.69. The number of halogens is 2. The maximum atomic E-state index is 12.9. The summed E-state index contributed by atoms with van der Waals surface area (Å²) >= 11 is 0. The largest absolute Gasteiger partial charge is 0.493 e. The summed E-state index contributed by atoms with van der Waals surface area (Å²) in [6.07, 6.45) is -2.77. The Balaban J connectivity index is 3.40. The van der Waals surface area contributed by atoms with E-state index in [9.17, 15) is 13.6 Å². The molecule has 1 aromatic rings. The molecule has 0 radical (unpaired) electrons. The molecule has 0 saturated heterocycles. The van der Waals surface area contributed by atoms with E-state index in [1.807, 2.05) is 0 Å². The van der Waals surface area contributed by atoms with Gasteiger partial charge in [-0.15, -0.1) is 0 Å². The number of methoxy groups -OCH3 is 2. The molecule has 0 aromatic heterocycles. The molecule has 0 aliphatic rings. The zero-order valence-electron chi connectivity index (χ0n) is 10.2. The molecule has 0 amide bonds. The first-order valence-electron chi connectivity index (χ1n) is 5.19. The topological polar surface area (TPSA) is 55.8 Å². The Morgan fingerprint density at radius 1 is 1.28 bits per heavy atom. The second-order valence-corrected chi connectivity index (χ2v) is 3.71. The van der Waals surface area contributed by atoms with E-state index in [0.717, 1.165) is 6.07 Å². The highest BCUT2D eigenvalue weighted by Gasteiger charge is 2.23. The van der Waals surface area contributed by atoms with Gasteiger partial charge in [0.1, 0.15) is 0 Å². The molecule has 1 N–H and O–H groups in total. The molecule has 1 aromatic carbocycles. The van der Waals surface area contributed by atoms with Gasteiger partial charge in [-0.05, 0) is 24.6 Å². The average molecular weight is 260 g/mol. The molecule has 0 fully saturated rings. The smallest absolute Gasteiger partial charge is 0.310 e. The van der Waals surface area contributed by atoms with Gasteiger partial charge in [-0.1, -0.05) is 0 Å². The third-order valence-electron chi connectivity index (χ3n) is 2.64. The Kier molecular flexibility index (Phi) is 4.47. The van der Waals surface area contributed by atoms with Gasteiger partial charge in [-0.2, -0.15) is 0 Å². The van der Waals surface area contributed by atoms with Crippen molar-refractivity contribution in [1.82, 2.24) is 0 Å². The molecule has 0 bridgehead atoms. The second-order valence-electron chi connectivity index (χ2n) is 3.71. The molecular formula is C12H14F2O4. The van der Waals surface area contributed by atoms with Crippen molar-refractivity contribution < 1.29 is 28.2 Å². The lowest BCUT2D eigenvalue weighted by Gasteiger charge is -2.16. The van der Waals surface area contributed by atoms with Gasteiger partial charge in [-0.25, -0.2) is 8.78 Å². The van der Waals surface area contributed by atoms with Gasteiger partial charge >= 0.3 is 5.97 Å². The summed E-state index contributed by atoms with van der Waals surface area (Å²) in [6.45, 7) is 1.42. The Hall–Kier alpha value is -1.85. The number of hydrogen-bond donors (Lipinski definition) is 1. The van der Waals surface area contributed by atoms with Gasteiger partial charge < -0.3 is 14.6 Å². The van der Waals surface area contributed by atoms with Crippen LogP contribution < -0.4 is 9.47 Å². The lowest BCUT2D eigenvalue weighted by molar-refractivity contribution is -0.138. The standard InChI is InChI=1S/C12H14F2O4/c1-6(12(15)16)7-4-8(11(13)14)10(18-3)9(5-7)17-2/h4-6,11H,1-3H3,(H,15,16). The molecule has 18 heavy (non-hydrogen) atoms. The van der Waals surface area contributed by atoms with E-state index in [2.05, 4.69) is 0 Å². The predicted molar refractivity (Wildman–Crippen MR) is 60.6 cm³/mol. The fraction of sp³-hybridized carbons (Fsp3) is 0.417. The maximum absolute atomic E-state index is 12.9. The molecule has 1 rings (SSSR count). The number of carbonyl (C=O) groups is 1. The van der Waals surface area contributed by atoms with Crippen molar-refractivity contribution >= 4 is 5.97 Å². The van der Waals surface area contributed by atoms with Crippen LogP contribution in [0.3, 0.4) is 0 Å². The highest BCUT2D eigenvalue weighted by atomic mass is 19.3. The van der Waals surface area contributed by atoms with Crippen LogP contribution in [0.25, 0.3) is 0 Å². The van der Waals surface area contributed by atoms with E-state index >= 15 is 0 Å². The summed E-state index contributed by atoms with van der Waals surface area (Å²) in [4.78, 5) is 10.9. The van der Waals surface area contributed by atoms with Crippen molar-refractivity contribution in [2.45, 2.75) is 19.3 Å². The molecule has 0 heterocycles. The molecule has 100 valence electrons. The highest BCUT2D eigenvalue weighted by molar-refractivity contribution is 5.76. The van der Waals surface area contributed by atoms with Crippen LogP contribution in [0, 0.1) is 0 Å². The van der Waals surface area contributed by atoms with Gasteiger partial charge in [0, 0.05) is 0 Å². The number of hydrogen-bond acceptors (Lipinski definition) is 3. The SMILES string of the molecule is COc1cc(C(C)C(=O)O)cc(C(F)F)c1OC.